The molecule has 1 aliphatic heterocycles. The van der Waals surface area contributed by atoms with E-state index in [1.807, 2.05) is 29.2 Å². The molecule has 0 saturated carbocycles. The van der Waals surface area contributed by atoms with Gasteiger partial charge in [0.25, 0.3) is 0 Å². The molecular weight excluding hydrogens is 455 g/mol. The first-order valence-corrected chi connectivity index (χ1v) is 12.2. The summed E-state index contributed by atoms with van der Waals surface area (Å²) in [4.78, 5) is 13.7. The first kappa shape index (κ1) is 23.8. The number of rotatable bonds is 7. The quantitative estimate of drug-likeness (QED) is 0.308. The predicted octanol–water partition coefficient (Wildman–Crippen LogP) is 6.63. The molecule has 4 aromatic carbocycles. The van der Waals surface area contributed by atoms with Gasteiger partial charge in [-0.3, -0.25) is 0 Å². The van der Waals surface area contributed by atoms with E-state index in [-0.39, 0.29) is 17.7 Å². The Morgan fingerprint density at radius 3 is 2.64 bits per heavy atom. The molecule has 2 N–H and O–H groups in total. The summed E-state index contributed by atoms with van der Waals surface area (Å²) in [5, 5.41) is 15.7. The lowest BCUT2D eigenvalue weighted by molar-refractivity contribution is 0.0691. The molecule has 0 radical (unpaired) electrons. The number of anilines is 2. The monoisotopic (exact) mass is 484 g/mol. The van der Waals surface area contributed by atoms with E-state index in [0.717, 1.165) is 24.4 Å². The molecule has 1 heterocycles. The van der Waals surface area contributed by atoms with Crippen LogP contribution < -0.4 is 15.0 Å². The average Bonchev–Trinajstić information content (AvgIpc) is 2.88. The van der Waals surface area contributed by atoms with Crippen LogP contribution in [0.4, 0.5) is 15.8 Å². The molecule has 1 aliphatic rings. The molecule has 5 nitrogen and oxygen atoms in total. The Morgan fingerprint density at radius 1 is 1.06 bits per heavy atom. The van der Waals surface area contributed by atoms with Gasteiger partial charge in [-0.15, -0.1) is 0 Å². The second kappa shape index (κ2) is 9.99. The smallest absolute Gasteiger partial charge is 0.339 e. The summed E-state index contributed by atoms with van der Waals surface area (Å²) < 4.78 is 20.6. The van der Waals surface area contributed by atoms with E-state index < -0.39 is 11.8 Å². The van der Waals surface area contributed by atoms with Gasteiger partial charge in [-0.1, -0.05) is 54.6 Å². The summed E-state index contributed by atoms with van der Waals surface area (Å²) in [6.07, 6.45) is 0.635. The molecule has 0 amide bonds. The van der Waals surface area contributed by atoms with Crippen LogP contribution in [0.5, 0.6) is 5.75 Å². The fourth-order valence-corrected chi connectivity index (χ4v) is 5.10. The third-order valence-electron chi connectivity index (χ3n) is 6.93. The van der Waals surface area contributed by atoms with Crippen LogP contribution in [0.1, 0.15) is 40.9 Å². The van der Waals surface area contributed by atoms with Crippen LogP contribution in [0.2, 0.25) is 0 Å². The van der Waals surface area contributed by atoms with Crippen molar-refractivity contribution in [1.29, 1.82) is 0 Å². The van der Waals surface area contributed by atoms with E-state index >= 15 is 0 Å². The SMILES string of the molecule is Cc1c(N2CC(CCN[C@H](C)c3cccc4ccccc34)Oc3ccccc32)ccc(F)c1C(=O)O. The number of hydrogen-bond acceptors (Lipinski definition) is 4. The van der Waals surface area contributed by atoms with Crippen molar-refractivity contribution in [3.63, 3.8) is 0 Å². The van der Waals surface area contributed by atoms with Crippen molar-refractivity contribution in [2.75, 3.05) is 18.0 Å². The van der Waals surface area contributed by atoms with E-state index in [9.17, 15) is 14.3 Å². The van der Waals surface area contributed by atoms with Crippen LogP contribution in [-0.2, 0) is 0 Å². The zero-order valence-corrected chi connectivity index (χ0v) is 20.4. The van der Waals surface area contributed by atoms with Gasteiger partial charge in [0.05, 0.1) is 12.2 Å². The Bertz CT molecular complexity index is 1420. The van der Waals surface area contributed by atoms with Gasteiger partial charge in [-0.25, -0.2) is 9.18 Å². The molecule has 36 heavy (non-hydrogen) atoms. The number of halogens is 1. The second-order valence-electron chi connectivity index (χ2n) is 9.22. The Balaban J connectivity index is 1.34. The topological polar surface area (TPSA) is 61.8 Å². The number of benzene rings is 4. The summed E-state index contributed by atoms with van der Waals surface area (Å²) >= 11 is 0. The van der Waals surface area contributed by atoms with Crippen molar-refractivity contribution in [2.45, 2.75) is 32.4 Å². The highest BCUT2D eigenvalue weighted by molar-refractivity contribution is 5.92. The molecular formula is C30H29FN2O3. The zero-order valence-electron chi connectivity index (χ0n) is 20.4. The molecule has 0 saturated heterocycles. The minimum atomic E-state index is -1.27. The van der Waals surface area contributed by atoms with Crippen LogP contribution in [0, 0.1) is 12.7 Å². The summed E-state index contributed by atoms with van der Waals surface area (Å²) in [6.45, 7) is 5.10. The lowest BCUT2D eigenvalue weighted by Gasteiger charge is -2.37. The summed E-state index contributed by atoms with van der Waals surface area (Å²) in [6, 6.07) is 25.5. The largest absolute Gasteiger partial charge is 0.486 e. The van der Waals surface area contributed by atoms with Gasteiger partial charge in [0.15, 0.2) is 0 Å². The van der Waals surface area contributed by atoms with Crippen LogP contribution in [-0.4, -0.2) is 30.3 Å². The molecule has 5 rings (SSSR count). The number of carboxylic acids is 1. The van der Waals surface area contributed by atoms with Gasteiger partial charge in [0, 0.05) is 11.7 Å². The van der Waals surface area contributed by atoms with Gasteiger partial charge >= 0.3 is 5.97 Å². The zero-order chi connectivity index (χ0) is 25.2. The highest BCUT2D eigenvalue weighted by Gasteiger charge is 2.29. The first-order valence-electron chi connectivity index (χ1n) is 12.2. The fraction of sp³-hybridized carbons (Fsp3) is 0.233. The molecule has 6 heteroatoms. The number of nitrogens with one attached hydrogen (secondary N) is 1. The van der Waals surface area contributed by atoms with Crippen LogP contribution >= 0.6 is 0 Å². The van der Waals surface area contributed by atoms with Crippen molar-refractivity contribution in [3.8, 4) is 5.75 Å². The van der Waals surface area contributed by atoms with Crippen molar-refractivity contribution in [3.05, 3.63) is 101 Å². The molecule has 2 atom stereocenters. The average molecular weight is 485 g/mol. The van der Waals surface area contributed by atoms with Crippen LogP contribution in [0.25, 0.3) is 10.8 Å². The first-order chi connectivity index (χ1) is 17.4. The second-order valence-corrected chi connectivity index (χ2v) is 9.22. The van der Waals surface area contributed by atoms with E-state index in [1.165, 1.54) is 22.4 Å². The predicted molar refractivity (Wildman–Crippen MR) is 141 cm³/mol. The number of ether oxygens (including phenoxy) is 1. The summed E-state index contributed by atoms with van der Waals surface area (Å²) in [5.74, 6) is -1.26. The number of para-hydroxylation sites is 2. The minimum absolute atomic E-state index is 0.121. The van der Waals surface area contributed by atoms with Gasteiger partial charge in [-0.2, -0.15) is 0 Å². The van der Waals surface area contributed by atoms with Crippen LogP contribution in [0.15, 0.2) is 78.9 Å². The molecule has 0 aliphatic carbocycles. The third-order valence-corrected chi connectivity index (χ3v) is 6.93. The van der Waals surface area contributed by atoms with E-state index in [1.54, 1.807) is 13.0 Å². The van der Waals surface area contributed by atoms with E-state index in [2.05, 4.69) is 54.7 Å². The minimum Gasteiger partial charge on any atom is -0.486 e. The Labute approximate surface area is 210 Å². The highest BCUT2D eigenvalue weighted by Crippen LogP contribution is 2.40. The van der Waals surface area contributed by atoms with Gasteiger partial charge < -0.3 is 20.1 Å². The fourth-order valence-electron chi connectivity index (χ4n) is 5.10. The highest BCUT2D eigenvalue weighted by atomic mass is 19.1. The van der Waals surface area contributed by atoms with Gasteiger partial charge in [-0.05, 0) is 73.0 Å². The molecule has 0 bridgehead atoms. The van der Waals surface area contributed by atoms with Crippen molar-refractivity contribution >= 4 is 28.1 Å². The Kier molecular flexibility index (Phi) is 6.61. The standard InChI is InChI=1S/C30H29FN2O3/c1-19-26(15-14-25(31)29(19)30(34)35)33-18-22(36-28-13-6-5-12-27(28)33)16-17-32-20(2)23-11-7-9-21-8-3-4-10-24(21)23/h3-15,20,22,32H,16-18H2,1-2H3,(H,34,35)/t20-,22?/m1/s1. The number of fused-ring (bicyclic) bond motifs is 2. The van der Waals surface area contributed by atoms with Crippen LogP contribution in [0.3, 0.4) is 0 Å². The number of nitrogens with zero attached hydrogens (tertiary/aromatic N) is 1. The van der Waals surface area contributed by atoms with Gasteiger partial charge in [0.2, 0.25) is 0 Å². The summed E-state index contributed by atoms with van der Waals surface area (Å²) in [5.41, 5.74) is 2.88. The van der Waals surface area contributed by atoms with Crippen molar-refractivity contribution in [1.82, 2.24) is 5.32 Å². The van der Waals surface area contributed by atoms with E-state index in [0.29, 0.717) is 17.8 Å². The molecule has 1 unspecified atom stereocenters. The van der Waals surface area contributed by atoms with Gasteiger partial charge in [0.1, 0.15) is 23.2 Å². The molecule has 184 valence electrons. The number of aromatic carboxylic acids is 1. The molecule has 0 spiro atoms. The maximum absolute atomic E-state index is 14.3. The Morgan fingerprint density at radius 2 is 1.81 bits per heavy atom. The van der Waals surface area contributed by atoms with Crippen molar-refractivity contribution < 1.29 is 19.0 Å². The lowest BCUT2D eigenvalue weighted by Crippen LogP contribution is -2.39. The maximum Gasteiger partial charge on any atom is 0.339 e. The maximum atomic E-state index is 14.3. The number of carbonyl (C=O) groups is 1. The van der Waals surface area contributed by atoms with E-state index in [4.69, 9.17) is 4.74 Å². The molecule has 0 aromatic heterocycles. The Hall–Kier alpha value is -3.90. The summed E-state index contributed by atoms with van der Waals surface area (Å²) in [7, 11) is 0. The molecule has 0 fully saturated rings. The normalized spacial score (nSPS) is 15.9. The van der Waals surface area contributed by atoms with Crippen molar-refractivity contribution in [2.24, 2.45) is 0 Å². The molecule has 4 aromatic rings. The number of carboxylic acid groups (broad SMARTS) is 1. The third kappa shape index (κ3) is 4.52. The number of hydrogen-bond donors (Lipinski definition) is 2. The lowest BCUT2D eigenvalue weighted by atomic mass is 9.99.